The molecule has 1 fully saturated rings. The quantitative estimate of drug-likeness (QED) is 0.921. The van der Waals surface area contributed by atoms with Gasteiger partial charge in [0.25, 0.3) is 5.89 Å². The molecule has 0 aromatic carbocycles. The maximum absolute atomic E-state index is 5.80. The van der Waals surface area contributed by atoms with Crippen LogP contribution in [0.1, 0.15) is 36.0 Å². The van der Waals surface area contributed by atoms with Gasteiger partial charge in [0.2, 0.25) is 0 Å². The summed E-state index contributed by atoms with van der Waals surface area (Å²) >= 11 is 0. The van der Waals surface area contributed by atoms with Crippen LogP contribution < -0.4 is 5.32 Å². The lowest BCUT2D eigenvalue weighted by Gasteiger charge is -2.25. The Morgan fingerprint density at radius 3 is 3.05 bits per heavy atom. The highest BCUT2D eigenvalue weighted by Crippen LogP contribution is 2.19. The summed E-state index contributed by atoms with van der Waals surface area (Å²) < 4.78 is 11.1. The largest absolute Gasteiger partial charge is 0.363 e. The lowest BCUT2D eigenvalue weighted by molar-refractivity contribution is -0.0438. The summed E-state index contributed by atoms with van der Waals surface area (Å²) in [6, 6.07) is 4.01. The Hall–Kier alpha value is -1.79. The van der Waals surface area contributed by atoms with Gasteiger partial charge < -0.3 is 14.6 Å². The fourth-order valence-electron chi connectivity index (χ4n) is 2.45. The van der Waals surface area contributed by atoms with Crippen LogP contribution in [0, 0.1) is 6.92 Å². The average molecular weight is 288 g/mol. The Balaban J connectivity index is 1.61. The van der Waals surface area contributed by atoms with Gasteiger partial charge in [0, 0.05) is 31.4 Å². The van der Waals surface area contributed by atoms with Crippen LogP contribution >= 0.6 is 0 Å². The molecule has 0 saturated carbocycles. The van der Waals surface area contributed by atoms with Crippen LogP contribution in [-0.2, 0) is 17.6 Å². The van der Waals surface area contributed by atoms with Crippen molar-refractivity contribution >= 4 is 0 Å². The van der Waals surface area contributed by atoms with Gasteiger partial charge in [0.05, 0.1) is 6.10 Å². The predicted octanol–water partition coefficient (Wildman–Crippen LogP) is 1.61. The zero-order valence-corrected chi connectivity index (χ0v) is 12.4. The maximum atomic E-state index is 5.80. The summed E-state index contributed by atoms with van der Waals surface area (Å²) in [5, 5.41) is 7.33. The molecule has 1 aliphatic heterocycles. The molecule has 1 saturated heterocycles. The molecule has 6 nitrogen and oxygen atoms in total. The van der Waals surface area contributed by atoms with Crippen LogP contribution in [0.15, 0.2) is 22.9 Å². The van der Waals surface area contributed by atoms with Crippen LogP contribution in [0.3, 0.4) is 0 Å². The second-order valence-corrected chi connectivity index (χ2v) is 5.41. The van der Waals surface area contributed by atoms with E-state index in [9.17, 15) is 0 Å². The van der Waals surface area contributed by atoms with E-state index in [1.807, 2.05) is 19.2 Å². The molecule has 1 N–H and O–H groups in total. The van der Waals surface area contributed by atoms with Crippen LogP contribution in [-0.4, -0.2) is 34.3 Å². The van der Waals surface area contributed by atoms with Gasteiger partial charge in [-0.05, 0) is 31.9 Å². The van der Waals surface area contributed by atoms with Crippen molar-refractivity contribution < 1.29 is 9.26 Å². The highest BCUT2D eigenvalue weighted by Gasteiger charge is 2.25. The first-order valence-electron chi connectivity index (χ1n) is 7.31. The Kier molecular flexibility index (Phi) is 4.26. The van der Waals surface area contributed by atoms with E-state index in [1.54, 1.807) is 0 Å². The molecule has 112 valence electrons. The molecule has 2 aromatic heterocycles. The van der Waals surface area contributed by atoms with Crippen molar-refractivity contribution in [1.29, 1.82) is 0 Å². The summed E-state index contributed by atoms with van der Waals surface area (Å²) in [5.74, 6) is 1.26. The van der Waals surface area contributed by atoms with E-state index >= 15 is 0 Å². The zero-order valence-electron chi connectivity index (χ0n) is 12.4. The molecule has 0 radical (unpaired) electrons. The van der Waals surface area contributed by atoms with Crippen LogP contribution in [0.25, 0.3) is 0 Å². The van der Waals surface area contributed by atoms with Crippen molar-refractivity contribution in [3.05, 3.63) is 41.3 Å². The number of ether oxygens (including phenoxy) is 1. The second kappa shape index (κ2) is 6.32. The predicted molar refractivity (Wildman–Crippen MR) is 76.8 cm³/mol. The fourth-order valence-corrected chi connectivity index (χ4v) is 2.45. The van der Waals surface area contributed by atoms with Crippen LogP contribution in [0.4, 0.5) is 0 Å². The molecule has 0 spiro atoms. The normalized spacial score (nSPS) is 22.4. The lowest BCUT2D eigenvalue weighted by atomic mass is 10.1. The molecule has 6 heteroatoms. The number of hydrogen-bond donors (Lipinski definition) is 1. The van der Waals surface area contributed by atoms with Gasteiger partial charge in [-0.15, -0.1) is 0 Å². The third-order valence-corrected chi connectivity index (χ3v) is 3.62. The van der Waals surface area contributed by atoms with Gasteiger partial charge in [-0.25, -0.2) is 0 Å². The van der Waals surface area contributed by atoms with Crippen molar-refractivity contribution in [2.75, 3.05) is 13.1 Å². The first-order chi connectivity index (χ1) is 10.2. The Bertz CT molecular complexity index is 599. The maximum Gasteiger partial charge on any atom is 0.257 e. The summed E-state index contributed by atoms with van der Waals surface area (Å²) in [6.45, 7) is 5.66. The van der Waals surface area contributed by atoms with Gasteiger partial charge in [0.15, 0.2) is 5.82 Å². The minimum atomic E-state index is -0.147. The summed E-state index contributed by atoms with van der Waals surface area (Å²) in [6.07, 6.45) is 3.36. The molecule has 1 aliphatic rings. The monoisotopic (exact) mass is 288 g/mol. The highest BCUT2D eigenvalue weighted by molar-refractivity contribution is 5.18. The van der Waals surface area contributed by atoms with Crippen LogP contribution in [0.2, 0.25) is 0 Å². The number of nitrogens with one attached hydrogen (secondary N) is 1. The molecule has 3 heterocycles. The smallest absolute Gasteiger partial charge is 0.257 e. The Labute approximate surface area is 123 Å². The van der Waals surface area contributed by atoms with E-state index in [0.717, 1.165) is 25.1 Å². The molecular weight excluding hydrogens is 268 g/mol. The summed E-state index contributed by atoms with van der Waals surface area (Å²) in [5.41, 5.74) is 2.27. The molecule has 0 amide bonds. The topological polar surface area (TPSA) is 73.1 Å². The number of rotatable bonds is 4. The molecule has 21 heavy (non-hydrogen) atoms. The Morgan fingerprint density at radius 1 is 1.33 bits per heavy atom. The van der Waals surface area contributed by atoms with E-state index in [2.05, 4.69) is 33.4 Å². The van der Waals surface area contributed by atoms with Gasteiger partial charge in [0.1, 0.15) is 6.10 Å². The minimum absolute atomic E-state index is 0.147. The van der Waals surface area contributed by atoms with Gasteiger partial charge >= 0.3 is 0 Å². The van der Waals surface area contributed by atoms with Gasteiger partial charge in [-0.3, -0.25) is 4.98 Å². The zero-order chi connectivity index (χ0) is 14.7. The standard InChI is InChI=1S/C15H20N4O2/c1-10-4-3-7-17-12(10)5-6-14-18-15(21-19-14)13-9-16-8-11(2)20-13/h3-4,7,11,13,16H,5-6,8-9H2,1-2H3/t11-,13-/m1/s1. The second-order valence-electron chi connectivity index (χ2n) is 5.41. The van der Waals surface area contributed by atoms with E-state index in [4.69, 9.17) is 9.26 Å². The van der Waals surface area contributed by atoms with Gasteiger partial charge in [-0.1, -0.05) is 11.2 Å². The molecule has 0 aliphatic carbocycles. The van der Waals surface area contributed by atoms with Crippen molar-refractivity contribution in [1.82, 2.24) is 20.4 Å². The minimum Gasteiger partial charge on any atom is -0.363 e. The van der Waals surface area contributed by atoms with E-state index in [1.165, 1.54) is 5.56 Å². The SMILES string of the molecule is Cc1cccnc1CCc1noc([C@H]2CNC[C@@H](C)O2)n1. The summed E-state index contributed by atoms with van der Waals surface area (Å²) in [7, 11) is 0. The first kappa shape index (κ1) is 14.2. The van der Waals surface area contributed by atoms with Crippen LogP contribution in [0.5, 0.6) is 0 Å². The number of morpholine rings is 1. The number of aryl methyl sites for hydroxylation is 3. The highest BCUT2D eigenvalue weighted by atomic mass is 16.5. The average Bonchev–Trinajstić information content (AvgIpc) is 2.95. The van der Waals surface area contributed by atoms with Crippen molar-refractivity contribution in [2.24, 2.45) is 0 Å². The molecule has 2 atom stereocenters. The van der Waals surface area contributed by atoms with Crippen molar-refractivity contribution in [2.45, 2.75) is 38.9 Å². The van der Waals surface area contributed by atoms with E-state index in [0.29, 0.717) is 18.3 Å². The van der Waals surface area contributed by atoms with Gasteiger partial charge in [-0.2, -0.15) is 4.98 Å². The molecule has 0 bridgehead atoms. The number of aromatic nitrogens is 3. The molecule has 0 unspecified atom stereocenters. The fraction of sp³-hybridized carbons (Fsp3) is 0.533. The van der Waals surface area contributed by atoms with E-state index < -0.39 is 0 Å². The molecular formula is C15H20N4O2. The Morgan fingerprint density at radius 2 is 2.24 bits per heavy atom. The number of nitrogens with zero attached hydrogens (tertiary/aromatic N) is 3. The molecule has 2 aromatic rings. The number of hydrogen-bond acceptors (Lipinski definition) is 6. The van der Waals surface area contributed by atoms with Crippen molar-refractivity contribution in [3.63, 3.8) is 0 Å². The van der Waals surface area contributed by atoms with E-state index in [-0.39, 0.29) is 12.2 Å². The molecule has 3 rings (SSSR count). The lowest BCUT2D eigenvalue weighted by Crippen LogP contribution is -2.39. The number of pyridine rings is 1. The third kappa shape index (κ3) is 3.46. The first-order valence-corrected chi connectivity index (χ1v) is 7.31. The summed E-state index contributed by atoms with van der Waals surface area (Å²) in [4.78, 5) is 8.82. The van der Waals surface area contributed by atoms with Crippen molar-refractivity contribution in [3.8, 4) is 0 Å². The third-order valence-electron chi connectivity index (χ3n) is 3.62.